The Kier molecular flexibility index (Phi) is 4.26. The zero-order valence-electron chi connectivity index (χ0n) is 12.5. The predicted octanol–water partition coefficient (Wildman–Crippen LogP) is 0.246. The molecule has 3 rings (SSSR count). The van der Waals surface area contributed by atoms with E-state index in [9.17, 15) is 14.4 Å². The molecule has 0 aliphatic carbocycles. The fourth-order valence-electron chi connectivity index (χ4n) is 3.00. The number of imide groups is 1. The summed E-state index contributed by atoms with van der Waals surface area (Å²) in [5.41, 5.74) is 0.957. The van der Waals surface area contributed by atoms with E-state index in [2.05, 4.69) is 0 Å². The van der Waals surface area contributed by atoms with Crippen molar-refractivity contribution in [2.45, 2.75) is 31.5 Å². The van der Waals surface area contributed by atoms with Crippen LogP contribution in [0.15, 0.2) is 30.3 Å². The number of hydrogen-bond acceptors (Lipinski definition) is 5. The van der Waals surface area contributed by atoms with Crippen LogP contribution in [0.25, 0.3) is 0 Å². The minimum absolute atomic E-state index is 0.0854. The van der Waals surface area contributed by atoms with Gasteiger partial charge in [-0.25, -0.2) is 15.6 Å². The first-order chi connectivity index (χ1) is 11.1. The number of benzene rings is 1. The Balaban J connectivity index is 1.66. The molecule has 2 aliphatic rings. The average Bonchev–Trinajstić information content (AvgIpc) is 2.84. The van der Waals surface area contributed by atoms with Gasteiger partial charge >= 0.3 is 6.03 Å². The normalized spacial score (nSPS) is 23.1. The smallest absolute Gasteiger partial charge is 0.309 e. The number of piperidine rings is 1. The minimum Gasteiger partial charge on any atom is -0.309 e. The van der Waals surface area contributed by atoms with Gasteiger partial charge < -0.3 is 4.90 Å². The molecule has 2 fully saturated rings. The Morgan fingerprint density at radius 3 is 2.78 bits per heavy atom. The van der Waals surface area contributed by atoms with E-state index in [0.717, 1.165) is 5.56 Å². The molecular weight excluding hydrogens is 300 g/mol. The van der Waals surface area contributed by atoms with E-state index in [1.165, 1.54) is 9.96 Å². The standard InChI is InChI=1S/C15H18N4O4/c16-18(10-20)14(21)13-7-6-12-8-17(13)15(22)19(12)23-9-11-4-2-1-3-5-11/h1-5,10,12-13H,6-9,16H2/t12-,13+/m1/s1. The van der Waals surface area contributed by atoms with Gasteiger partial charge in [-0.05, 0) is 18.4 Å². The van der Waals surface area contributed by atoms with Gasteiger partial charge in [-0.3, -0.25) is 14.4 Å². The quantitative estimate of drug-likeness (QED) is 0.363. The third-order valence-electron chi connectivity index (χ3n) is 4.19. The Labute approximate surface area is 133 Å². The van der Waals surface area contributed by atoms with Crippen molar-refractivity contribution < 1.29 is 19.2 Å². The Morgan fingerprint density at radius 1 is 1.35 bits per heavy atom. The summed E-state index contributed by atoms with van der Waals surface area (Å²) in [5.74, 6) is 4.75. The van der Waals surface area contributed by atoms with Crippen molar-refractivity contribution in [3.63, 3.8) is 0 Å². The van der Waals surface area contributed by atoms with E-state index >= 15 is 0 Å². The van der Waals surface area contributed by atoms with Gasteiger partial charge in [0.2, 0.25) is 6.41 Å². The van der Waals surface area contributed by atoms with Crippen LogP contribution in [0, 0.1) is 0 Å². The fraction of sp³-hybridized carbons (Fsp3) is 0.400. The van der Waals surface area contributed by atoms with E-state index in [1.807, 2.05) is 30.3 Å². The van der Waals surface area contributed by atoms with E-state index in [-0.39, 0.29) is 25.1 Å². The number of amides is 4. The summed E-state index contributed by atoms with van der Waals surface area (Å²) >= 11 is 0. The van der Waals surface area contributed by atoms with Crippen LogP contribution in [0.2, 0.25) is 0 Å². The molecule has 8 heteroatoms. The fourth-order valence-corrected chi connectivity index (χ4v) is 3.00. The Bertz CT molecular complexity index is 609. The van der Waals surface area contributed by atoms with Crippen molar-refractivity contribution in [3.8, 4) is 0 Å². The van der Waals surface area contributed by atoms with Crippen LogP contribution in [-0.4, -0.2) is 51.9 Å². The molecule has 23 heavy (non-hydrogen) atoms. The summed E-state index contributed by atoms with van der Waals surface area (Å²) in [6.45, 7) is 0.684. The van der Waals surface area contributed by atoms with Crippen molar-refractivity contribution in [1.29, 1.82) is 0 Å². The lowest BCUT2D eigenvalue weighted by molar-refractivity contribution is -0.143. The van der Waals surface area contributed by atoms with Crippen LogP contribution in [0.3, 0.4) is 0 Å². The molecular formula is C15H18N4O4. The number of hydroxylamine groups is 2. The molecule has 2 saturated heterocycles. The summed E-state index contributed by atoms with van der Waals surface area (Å²) in [6.07, 6.45) is 1.33. The van der Waals surface area contributed by atoms with E-state index in [1.54, 1.807) is 0 Å². The first-order valence-electron chi connectivity index (χ1n) is 7.41. The van der Waals surface area contributed by atoms with Gasteiger partial charge in [0.1, 0.15) is 12.6 Å². The highest BCUT2D eigenvalue weighted by atomic mass is 16.7. The van der Waals surface area contributed by atoms with Crippen LogP contribution in [0.5, 0.6) is 0 Å². The van der Waals surface area contributed by atoms with Crippen molar-refractivity contribution in [1.82, 2.24) is 15.0 Å². The summed E-state index contributed by atoms with van der Waals surface area (Å²) in [4.78, 5) is 42.2. The maximum absolute atomic E-state index is 12.5. The van der Waals surface area contributed by atoms with Crippen molar-refractivity contribution >= 4 is 18.3 Å². The largest absolute Gasteiger partial charge is 0.345 e. The van der Waals surface area contributed by atoms with Gasteiger partial charge in [-0.2, -0.15) is 5.06 Å². The second-order valence-corrected chi connectivity index (χ2v) is 5.62. The third-order valence-corrected chi connectivity index (χ3v) is 4.19. The molecule has 8 nitrogen and oxygen atoms in total. The number of nitrogens with zero attached hydrogens (tertiary/aromatic N) is 3. The molecule has 122 valence electrons. The monoisotopic (exact) mass is 318 g/mol. The van der Waals surface area contributed by atoms with Gasteiger partial charge in [0, 0.05) is 6.54 Å². The summed E-state index contributed by atoms with van der Waals surface area (Å²) in [6, 6.07) is 8.38. The second-order valence-electron chi connectivity index (χ2n) is 5.62. The number of urea groups is 1. The Morgan fingerprint density at radius 2 is 2.09 bits per heavy atom. The molecule has 2 aliphatic heterocycles. The van der Waals surface area contributed by atoms with Gasteiger partial charge in [-0.1, -0.05) is 30.3 Å². The lowest BCUT2D eigenvalue weighted by Crippen LogP contribution is -2.52. The molecule has 0 unspecified atom stereocenters. The summed E-state index contributed by atoms with van der Waals surface area (Å²) in [7, 11) is 0. The molecule has 2 bridgehead atoms. The second kappa shape index (κ2) is 6.35. The highest BCUT2D eigenvalue weighted by Gasteiger charge is 2.48. The molecule has 0 spiro atoms. The number of nitrogens with two attached hydrogens (primary N) is 1. The van der Waals surface area contributed by atoms with Crippen molar-refractivity contribution in [2.75, 3.05) is 6.54 Å². The number of hydrogen-bond donors (Lipinski definition) is 1. The number of carbonyl (C=O) groups is 3. The molecule has 0 radical (unpaired) electrons. The molecule has 0 aromatic heterocycles. The van der Waals surface area contributed by atoms with Crippen molar-refractivity contribution in [2.24, 2.45) is 5.84 Å². The van der Waals surface area contributed by atoms with Gasteiger partial charge in [0.25, 0.3) is 5.91 Å². The van der Waals surface area contributed by atoms with Crippen LogP contribution in [0.1, 0.15) is 18.4 Å². The van der Waals surface area contributed by atoms with E-state index in [4.69, 9.17) is 10.7 Å². The van der Waals surface area contributed by atoms with Crippen molar-refractivity contribution in [3.05, 3.63) is 35.9 Å². The zero-order chi connectivity index (χ0) is 16.4. The van der Waals surface area contributed by atoms with Crippen LogP contribution >= 0.6 is 0 Å². The molecule has 2 heterocycles. The van der Waals surface area contributed by atoms with Crippen LogP contribution in [-0.2, 0) is 21.0 Å². The summed E-state index contributed by atoms with van der Waals surface area (Å²) < 4.78 is 0. The predicted molar refractivity (Wildman–Crippen MR) is 79.1 cm³/mol. The maximum Gasteiger partial charge on any atom is 0.345 e. The number of fused-ring (bicyclic) bond motifs is 2. The summed E-state index contributed by atoms with van der Waals surface area (Å²) in [5, 5.41) is 1.83. The number of rotatable bonds is 5. The molecule has 2 N–H and O–H groups in total. The Hall–Kier alpha value is -2.45. The van der Waals surface area contributed by atoms with E-state index in [0.29, 0.717) is 24.4 Å². The highest BCUT2D eigenvalue weighted by Crippen LogP contribution is 2.30. The third kappa shape index (κ3) is 2.90. The number of carbonyl (C=O) groups excluding carboxylic acids is 3. The lowest BCUT2D eigenvalue weighted by Gasteiger charge is -2.30. The molecule has 1 aromatic rings. The van der Waals surface area contributed by atoms with Gasteiger partial charge in [-0.15, -0.1) is 0 Å². The topological polar surface area (TPSA) is 96.2 Å². The number of hydrazine groups is 1. The van der Waals surface area contributed by atoms with Gasteiger partial charge in [0.15, 0.2) is 0 Å². The highest BCUT2D eigenvalue weighted by molar-refractivity contribution is 5.93. The molecule has 4 amide bonds. The molecule has 0 saturated carbocycles. The first-order valence-corrected chi connectivity index (χ1v) is 7.41. The lowest BCUT2D eigenvalue weighted by atomic mass is 10.0. The zero-order valence-corrected chi connectivity index (χ0v) is 12.5. The molecule has 2 atom stereocenters. The van der Waals surface area contributed by atoms with Crippen LogP contribution in [0.4, 0.5) is 4.79 Å². The average molecular weight is 318 g/mol. The van der Waals surface area contributed by atoms with Crippen LogP contribution < -0.4 is 5.84 Å². The maximum atomic E-state index is 12.5. The minimum atomic E-state index is -0.709. The van der Waals surface area contributed by atoms with Gasteiger partial charge in [0.05, 0.1) is 6.04 Å². The first kappa shape index (κ1) is 15.4. The van der Waals surface area contributed by atoms with E-state index < -0.39 is 11.9 Å². The SMILES string of the molecule is NN(C=O)C(=O)[C@@H]1CC[C@@H]2CN1C(=O)N2OCc1ccccc1. The molecule has 1 aromatic carbocycles.